The lowest BCUT2D eigenvalue weighted by Gasteiger charge is -1.99. The van der Waals surface area contributed by atoms with Crippen molar-refractivity contribution in [2.45, 2.75) is 25.2 Å². The molecule has 5 heteroatoms. The average Bonchev–Trinajstić information content (AvgIpc) is 2.85. The summed E-state index contributed by atoms with van der Waals surface area (Å²) in [6.45, 7) is 1.40. The van der Waals surface area contributed by atoms with E-state index in [0.29, 0.717) is 24.6 Å². The minimum Gasteiger partial charge on any atom is -0.481 e. The van der Waals surface area contributed by atoms with Gasteiger partial charge in [0.05, 0.1) is 24.6 Å². The van der Waals surface area contributed by atoms with Gasteiger partial charge in [0.1, 0.15) is 6.26 Å². The van der Waals surface area contributed by atoms with Crippen LogP contribution < -0.4 is 0 Å². The van der Waals surface area contributed by atoms with Crippen molar-refractivity contribution in [1.82, 2.24) is 4.98 Å². The lowest BCUT2D eigenvalue weighted by Crippen LogP contribution is -2.00. The van der Waals surface area contributed by atoms with Crippen LogP contribution in [0.3, 0.4) is 0 Å². The van der Waals surface area contributed by atoms with E-state index in [1.54, 1.807) is 0 Å². The minimum atomic E-state index is -0.816. The third-order valence-electron chi connectivity index (χ3n) is 2.44. The van der Waals surface area contributed by atoms with E-state index in [1.165, 1.54) is 6.26 Å². The highest BCUT2D eigenvalue weighted by Crippen LogP contribution is 2.24. The van der Waals surface area contributed by atoms with Crippen molar-refractivity contribution in [3.05, 3.63) is 17.8 Å². The Balaban J connectivity index is 1.94. The predicted octanol–water partition coefficient (Wildman–Crippen LogP) is 1.20. The highest BCUT2D eigenvalue weighted by molar-refractivity contribution is 5.66. The third kappa shape index (κ3) is 2.56. The van der Waals surface area contributed by atoms with Gasteiger partial charge in [-0.25, -0.2) is 4.98 Å². The van der Waals surface area contributed by atoms with E-state index >= 15 is 0 Å². The largest absolute Gasteiger partial charge is 0.481 e. The zero-order valence-electron chi connectivity index (χ0n) is 8.31. The third-order valence-corrected chi connectivity index (χ3v) is 2.44. The summed E-state index contributed by atoms with van der Waals surface area (Å²) in [5.74, 6) is 0.0974. The van der Waals surface area contributed by atoms with Crippen LogP contribution in [0.1, 0.15) is 30.3 Å². The molecular formula is C10H13NO4. The average molecular weight is 211 g/mol. The van der Waals surface area contributed by atoms with E-state index < -0.39 is 5.97 Å². The van der Waals surface area contributed by atoms with Crippen molar-refractivity contribution in [3.63, 3.8) is 0 Å². The van der Waals surface area contributed by atoms with Crippen LogP contribution in [0.15, 0.2) is 10.7 Å². The Labute approximate surface area is 87.1 Å². The van der Waals surface area contributed by atoms with E-state index in [9.17, 15) is 4.79 Å². The van der Waals surface area contributed by atoms with Gasteiger partial charge in [-0.15, -0.1) is 0 Å². The number of aliphatic carboxylic acids is 1. The second kappa shape index (κ2) is 4.44. The standard InChI is InChI=1S/C10H13NO4/c12-9(13)2-1-8-6-15-10(11-8)7-3-4-14-5-7/h6-7H,1-5H2,(H,12,13). The molecule has 1 aliphatic heterocycles. The minimum absolute atomic E-state index is 0.0904. The SMILES string of the molecule is O=C(O)CCc1coc(C2CCOC2)n1. The van der Waals surface area contributed by atoms with Crippen LogP contribution in [0, 0.1) is 0 Å². The van der Waals surface area contributed by atoms with E-state index in [0.717, 1.165) is 13.0 Å². The molecule has 0 spiro atoms. The Kier molecular flexibility index (Phi) is 3.01. The first kappa shape index (κ1) is 10.2. The first-order valence-corrected chi connectivity index (χ1v) is 4.99. The molecule has 1 unspecified atom stereocenters. The van der Waals surface area contributed by atoms with Crippen LogP contribution in [0.5, 0.6) is 0 Å². The smallest absolute Gasteiger partial charge is 0.303 e. The highest BCUT2D eigenvalue weighted by atomic mass is 16.5. The molecule has 1 aromatic rings. The summed E-state index contributed by atoms with van der Waals surface area (Å²) in [6, 6.07) is 0. The Morgan fingerprint density at radius 2 is 2.53 bits per heavy atom. The quantitative estimate of drug-likeness (QED) is 0.810. The molecule has 82 valence electrons. The monoisotopic (exact) mass is 211 g/mol. The van der Waals surface area contributed by atoms with Crippen LogP contribution >= 0.6 is 0 Å². The zero-order chi connectivity index (χ0) is 10.7. The fourth-order valence-electron chi connectivity index (χ4n) is 1.59. The molecule has 0 saturated carbocycles. The Bertz CT molecular complexity index is 341. The second-order valence-corrected chi connectivity index (χ2v) is 3.63. The van der Waals surface area contributed by atoms with Gasteiger partial charge < -0.3 is 14.3 Å². The number of carboxylic acids is 1. The second-order valence-electron chi connectivity index (χ2n) is 3.63. The molecule has 1 aromatic heterocycles. The highest BCUT2D eigenvalue weighted by Gasteiger charge is 2.22. The number of carboxylic acid groups (broad SMARTS) is 1. The molecule has 5 nitrogen and oxygen atoms in total. The van der Waals surface area contributed by atoms with Gasteiger partial charge in [-0.2, -0.15) is 0 Å². The van der Waals surface area contributed by atoms with Crippen LogP contribution in [0.2, 0.25) is 0 Å². The van der Waals surface area contributed by atoms with Crippen LogP contribution in [0.4, 0.5) is 0 Å². The number of nitrogens with zero attached hydrogens (tertiary/aromatic N) is 1. The first-order chi connectivity index (χ1) is 7.25. The number of rotatable bonds is 4. The molecule has 0 aliphatic carbocycles. The molecule has 0 aromatic carbocycles. The maximum atomic E-state index is 10.4. The van der Waals surface area contributed by atoms with Crippen LogP contribution in [-0.2, 0) is 16.0 Å². The fourth-order valence-corrected chi connectivity index (χ4v) is 1.59. The molecule has 2 heterocycles. The van der Waals surface area contributed by atoms with Gasteiger partial charge in [-0.1, -0.05) is 0 Å². The first-order valence-electron chi connectivity index (χ1n) is 4.99. The van der Waals surface area contributed by atoms with Gasteiger partial charge in [-0.3, -0.25) is 4.79 Å². The van der Waals surface area contributed by atoms with Crippen molar-refractivity contribution >= 4 is 5.97 Å². The van der Waals surface area contributed by atoms with Crippen molar-refractivity contribution in [2.24, 2.45) is 0 Å². The summed E-state index contributed by atoms with van der Waals surface area (Å²) in [5, 5.41) is 8.51. The van der Waals surface area contributed by atoms with Crippen LogP contribution in [0.25, 0.3) is 0 Å². The van der Waals surface area contributed by atoms with Gasteiger partial charge in [0.2, 0.25) is 0 Å². The summed E-state index contributed by atoms with van der Waals surface area (Å²) < 4.78 is 10.5. The molecule has 1 aliphatic rings. The summed E-state index contributed by atoms with van der Waals surface area (Å²) in [4.78, 5) is 14.6. The normalized spacial score (nSPS) is 20.7. The molecule has 15 heavy (non-hydrogen) atoms. The van der Waals surface area contributed by atoms with Gasteiger partial charge in [0, 0.05) is 13.0 Å². The van der Waals surface area contributed by atoms with Crippen molar-refractivity contribution < 1.29 is 19.1 Å². The summed E-state index contributed by atoms with van der Waals surface area (Å²) in [5.41, 5.74) is 0.708. The maximum absolute atomic E-state index is 10.4. The van der Waals surface area contributed by atoms with Crippen molar-refractivity contribution in [1.29, 1.82) is 0 Å². The van der Waals surface area contributed by atoms with Crippen molar-refractivity contribution in [3.8, 4) is 0 Å². The van der Waals surface area contributed by atoms with Gasteiger partial charge in [0.15, 0.2) is 5.89 Å². The number of aromatic nitrogens is 1. The van der Waals surface area contributed by atoms with E-state index in [-0.39, 0.29) is 12.3 Å². The molecule has 1 N–H and O–H groups in total. The predicted molar refractivity (Wildman–Crippen MR) is 50.6 cm³/mol. The number of carbonyl (C=O) groups is 1. The summed E-state index contributed by atoms with van der Waals surface area (Å²) in [6.07, 6.45) is 2.98. The molecule has 1 atom stereocenters. The molecule has 1 saturated heterocycles. The lowest BCUT2D eigenvalue weighted by atomic mass is 10.1. The van der Waals surface area contributed by atoms with Gasteiger partial charge >= 0.3 is 5.97 Å². The Morgan fingerprint density at radius 3 is 3.20 bits per heavy atom. The molecule has 1 fully saturated rings. The van der Waals surface area contributed by atoms with E-state index in [4.69, 9.17) is 14.3 Å². The molecule has 0 amide bonds. The molecule has 0 radical (unpaired) electrons. The number of oxazole rings is 1. The number of hydrogen-bond donors (Lipinski definition) is 1. The molecular weight excluding hydrogens is 198 g/mol. The maximum Gasteiger partial charge on any atom is 0.303 e. The van der Waals surface area contributed by atoms with Crippen LogP contribution in [-0.4, -0.2) is 29.3 Å². The summed E-state index contributed by atoms with van der Waals surface area (Å²) in [7, 11) is 0. The lowest BCUT2D eigenvalue weighted by molar-refractivity contribution is -0.136. The van der Waals surface area contributed by atoms with Crippen molar-refractivity contribution in [2.75, 3.05) is 13.2 Å². The number of hydrogen-bond acceptors (Lipinski definition) is 4. The number of ether oxygens (including phenoxy) is 1. The summed E-state index contributed by atoms with van der Waals surface area (Å²) >= 11 is 0. The Hall–Kier alpha value is -1.36. The van der Waals surface area contributed by atoms with Gasteiger partial charge in [-0.05, 0) is 6.42 Å². The Morgan fingerprint density at radius 1 is 1.67 bits per heavy atom. The van der Waals surface area contributed by atoms with E-state index in [2.05, 4.69) is 4.98 Å². The molecule has 0 bridgehead atoms. The fraction of sp³-hybridized carbons (Fsp3) is 0.600. The topological polar surface area (TPSA) is 72.6 Å². The number of aryl methyl sites for hydroxylation is 1. The van der Waals surface area contributed by atoms with E-state index in [1.807, 2.05) is 0 Å². The zero-order valence-corrected chi connectivity index (χ0v) is 8.31. The molecule has 2 rings (SSSR count). The van der Waals surface area contributed by atoms with Gasteiger partial charge in [0.25, 0.3) is 0 Å².